The molecule has 0 saturated heterocycles. The van der Waals surface area contributed by atoms with Crippen LogP contribution in [0.15, 0.2) is 41.8 Å². The van der Waals surface area contributed by atoms with Crippen LogP contribution in [-0.4, -0.2) is 36.6 Å². The Labute approximate surface area is 184 Å². The Kier molecular flexibility index (Phi) is 5.65. The number of fused-ring (bicyclic) bond motifs is 1. The molecule has 0 spiro atoms. The van der Waals surface area contributed by atoms with Crippen molar-refractivity contribution in [2.45, 2.75) is 26.9 Å². The molecule has 2 aromatic carbocycles. The Morgan fingerprint density at radius 1 is 1.29 bits per heavy atom. The molecule has 8 heteroatoms. The van der Waals surface area contributed by atoms with E-state index in [-0.39, 0.29) is 18.4 Å². The number of benzene rings is 2. The lowest BCUT2D eigenvalue weighted by Gasteiger charge is -2.30. The summed E-state index contributed by atoms with van der Waals surface area (Å²) in [7, 11) is 1.73. The van der Waals surface area contributed by atoms with Gasteiger partial charge in [0.25, 0.3) is 11.8 Å². The van der Waals surface area contributed by atoms with Gasteiger partial charge in [-0.05, 0) is 56.2 Å². The molecule has 2 amide bonds. The number of hydrogen-bond acceptors (Lipinski definition) is 6. The summed E-state index contributed by atoms with van der Waals surface area (Å²) in [5, 5.41) is 5.12. The third kappa shape index (κ3) is 4.25. The molecule has 1 atom stereocenters. The van der Waals surface area contributed by atoms with Gasteiger partial charge in [-0.3, -0.25) is 14.9 Å². The van der Waals surface area contributed by atoms with E-state index in [2.05, 4.69) is 10.3 Å². The number of nitrogens with one attached hydrogen (secondary N) is 1. The first kappa shape index (κ1) is 20.9. The normalized spacial score (nSPS) is 15.3. The first-order valence-electron chi connectivity index (χ1n) is 9.86. The molecule has 1 aliphatic heterocycles. The molecule has 2 heterocycles. The van der Waals surface area contributed by atoms with E-state index < -0.39 is 6.10 Å². The monoisotopic (exact) mass is 437 g/mol. The van der Waals surface area contributed by atoms with E-state index in [1.54, 1.807) is 18.9 Å². The second kappa shape index (κ2) is 8.39. The van der Waals surface area contributed by atoms with Crippen LogP contribution in [0.5, 0.6) is 11.5 Å². The van der Waals surface area contributed by atoms with E-state index in [1.807, 2.05) is 55.6 Å². The average molecular weight is 438 g/mol. The fraction of sp³-hybridized carbons (Fsp3) is 0.261. The second-order valence-corrected chi connectivity index (χ2v) is 8.27. The van der Waals surface area contributed by atoms with Gasteiger partial charge in [0.1, 0.15) is 11.5 Å². The second-order valence-electron chi connectivity index (χ2n) is 7.41. The molecule has 1 aliphatic rings. The van der Waals surface area contributed by atoms with Crippen LogP contribution < -0.4 is 19.7 Å². The first-order chi connectivity index (χ1) is 14.8. The van der Waals surface area contributed by atoms with E-state index in [4.69, 9.17) is 9.47 Å². The number of carbonyl (C=O) groups excluding carboxylic acids is 2. The van der Waals surface area contributed by atoms with Crippen molar-refractivity contribution in [3.8, 4) is 22.8 Å². The van der Waals surface area contributed by atoms with Crippen LogP contribution in [0.2, 0.25) is 0 Å². The van der Waals surface area contributed by atoms with Crippen LogP contribution in [0, 0.1) is 13.8 Å². The lowest BCUT2D eigenvalue weighted by molar-refractivity contribution is -0.125. The van der Waals surface area contributed by atoms with Gasteiger partial charge >= 0.3 is 0 Å². The number of aromatic nitrogens is 1. The number of likely N-dealkylation sites (N-methyl/N-ethyl adjacent to an activating group) is 1. The topological polar surface area (TPSA) is 80.8 Å². The minimum absolute atomic E-state index is 0.0967. The molecule has 31 heavy (non-hydrogen) atoms. The number of anilines is 2. The lowest BCUT2D eigenvalue weighted by atomic mass is 10.1. The standard InChI is InChI=1S/C23H23N3O4S/c1-13-6-5-7-19(14(13)2)29-11-21(27)25-23-24-17(12-31-23)16-8-9-20-18(10-16)26(4)22(28)15(3)30-20/h5-10,12,15H,11H2,1-4H3,(H,24,25,27). The smallest absolute Gasteiger partial charge is 0.267 e. The predicted molar refractivity (Wildman–Crippen MR) is 121 cm³/mol. The van der Waals surface area contributed by atoms with Crippen LogP contribution >= 0.6 is 11.3 Å². The molecule has 0 aliphatic carbocycles. The maximum Gasteiger partial charge on any atom is 0.267 e. The summed E-state index contributed by atoms with van der Waals surface area (Å²) in [6, 6.07) is 11.3. The molecular weight excluding hydrogens is 414 g/mol. The van der Waals surface area contributed by atoms with Crippen molar-refractivity contribution in [1.82, 2.24) is 4.98 Å². The maximum absolute atomic E-state index is 12.3. The van der Waals surface area contributed by atoms with Gasteiger partial charge in [0.15, 0.2) is 17.8 Å². The summed E-state index contributed by atoms with van der Waals surface area (Å²) in [6.07, 6.45) is -0.504. The summed E-state index contributed by atoms with van der Waals surface area (Å²) < 4.78 is 11.3. The number of hydrogen-bond donors (Lipinski definition) is 1. The van der Waals surface area contributed by atoms with Crippen molar-refractivity contribution in [3.05, 3.63) is 52.9 Å². The molecule has 3 aromatic rings. The van der Waals surface area contributed by atoms with Crippen molar-refractivity contribution in [2.24, 2.45) is 0 Å². The molecule has 1 unspecified atom stereocenters. The number of amides is 2. The van der Waals surface area contributed by atoms with Crippen LogP contribution in [-0.2, 0) is 9.59 Å². The molecule has 0 saturated carbocycles. The molecule has 0 fully saturated rings. The van der Waals surface area contributed by atoms with Crippen molar-refractivity contribution in [2.75, 3.05) is 23.9 Å². The summed E-state index contributed by atoms with van der Waals surface area (Å²) in [4.78, 5) is 30.6. The van der Waals surface area contributed by atoms with Gasteiger partial charge in [-0.25, -0.2) is 4.98 Å². The van der Waals surface area contributed by atoms with E-state index in [9.17, 15) is 9.59 Å². The number of rotatable bonds is 5. The van der Waals surface area contributed by atoms with Gasteiger partial charge in [-0.15, -0.1) is 11.3 Å². The molecule has 0 bridgehead atoms. The maximum atomic E-state index is 12.3. The van der Waals surface area contributed by atoms with Crippen molar-refractivity contribution in [3.63, 3.8) is 0 Å². The van der Waals surface area contributed by atoms with Gasteiger partial charge in [-0.2, -0.15) is 0 Å². The van der Waals surface area contributed by atoms with Crippen LogP contribution in [0.3, 0.4) is 0 Å². The van der Waals surface area contributed by atoms with Gasteiger partial charge < -0.3 is 14.4 Å². The van der Waals surface area contributed by atoms with Gasteiger partial charge in [-0.1, -0.05) is 12.1 Å². The van der Waals surface area contributed by atoms with Crippen molar-refractivity contribution in [1.29, 1.82) is 0 Å². The van der Waals surface area contributed by atoms with Gasteiger partial charge in [0.05, 0.1) is 11.4 Å². The lowest BCUT2D eigenvalue weighted by Crippen LogP contribution is -2.41. The van der Waals surface area contributed by atoms with Crippen molar-refractivity contribution < 1.29 is 19.1 Å². The Morgan fingerprint density at radius 3 is 2.90 bits per heavy atom. The Hall–Kier alpha value is -3.39. The quantitative estimate of drug-likeness (QED) is 0.647. The van der Waals surface area contributed by atoms with Crippen molar-refractivity contribution >= 4 is 34.0 Å². The number of nitrogens with zero attached hydrogens (tertiary/aromatic N) is 2. The Bertz CT molecular complexity index is 1160. The third-order valence-electron chi connectivity index (χ3n) is 5.26. The van der Waals surface area contributed by atoms with E-state index in [1.165, 1.54) is 11.3 Å². The van der Waals surface area contributed by atoms with E-state index >= 15 is 0 Å². The van der Waals surface area contributed by atoms with E-state index in [0.29, 0.717) is 28.0 Å². The number of carbonyl (C=O) groups is 2. The number of aryl methyl sites for hydroxylation is 1. The fourth-order valence-electron chi connectivity index (χ4n) is 3.31. The molecular formula is C23H23N3O4S. The van der Waals surface area contributed by atoms with E-state index in [0.717, 1.165) is 16.7 Å². The molecule has 4 rings (SSSR count). The highest BCUT2D eigenvalue weighted by atomic mass is 32.1. The zero-order valence-corrected chi connectivity index (χ0v) is 18.6. The molecule has 160 valence electrons. The fourth-order valence-corrected chi connectivity index (χ4v) is 4.05. The molecule has 1 aromatic heterocycles. The molecule has 1 N–H and O–H groups in total. The zero-order chi connectivity index (χ0) is 22.1. The van der Waals surface area contributed by atoms with Gasteiger partial charge in [0.2, 0.25) is 0 Å². The Morgan fingerprint density at radius 2 is 2.10 bits per heavy atom. The minimum atomic E-state index is -0.504. The number of thiazole rings is 1. The van der Waals surface area contributed by atoms with Crippen LogP contribution in [0.25, 0.3) is 11.3 Å². The van der Waals surface area contributed by atoms with Crippen LogP contribution in [0.1, 0.15) is 18.1 Å². The molecule has 0 radical (unpaired) electrons. The zero-order valence-electron chi connectivity index (χ0n) is 17.8. The summed E-state index contributed by atoms with van der Waals surface area (Å²) in [5.41, 5.74) is 4.36. The largest absolute Gasteiger partial charge is 0.483 e. The highest BCUT2D eigenvalue weighted by molar-refractivity contribution is 7.14. The Balaban J connectivity index is 1.43. The molecule has 7 nitrogen and oxygen atoms in total. The average Bonchev–Trinajstić information content (AvgIpc) is 3.21. The predicted octanol–water partition coefficient (Wildman–Crippen LogP) is 4.19. The first-order valence-corrected chi connectivity index (χ1v) is 10.7. The SMILES string of the molecule is Cc1cccc(OCC(=O)Nc2nc(-c3ccc4c(c3)N(C)C(=O)C(C)O4)cs2)c1C. The summed E-state index contributed by atoms with van der Waals surface area (Å²) >= 11 is 1.33. The summed E-state index contributed by atoms with van der Waals surface area (Å²) in [5.74, 6) is 0.977. The van der Waals surface area contributed by atoms with Crippen LogP contribution in [0.4, 0.5) is 10.8 Å². The third-order valence-corrected chi connectivity index (χ3v) is 6.02. The summed E-state index contributed by atoms with van der Waals surface area (Å²) in [6.45, 7) is 5.60. The highest BCUT2D eigenvalue weighted by Gasteiger charge is 2.29. The highest BCUT2D eigenvalue weighted by Crippen LogP contribution is 2.37. The minimum Gasteiger partial charge on any atom is -0.483 e. The number of ether oxygens (including phenoxy) is 2. The van der Waals surface area contributed by atoms with Gasteiger partial charge in [0, 0.05) is 18.0 Å².